The van der Waals surface area contributed by atoms with Crippen LogP contribution in [-0.4, -0.2) is 41.5 Å². The Morgan fingerprint density at radius 2 is 2.15 bits per heavy atom. The van der Waals surface area contributed by atoms with Crippen molar-refractivity contribution in [3.63, 3.8) is 0 Å². The lowest BCUT2D eigenvalue weighted by Gasteiger charge is -2.27. The number of morpholine rings is 1. The van der Waals surface area contributed by atoms with Crippen LogP contribution in [0.15, 0.2) is 29.0 Å². The van der Waals surface area contributed by atoms with Gasteiger partial charge in [0.2, 0.25) is 0 Å². The smallest absolute Gasteiger partial charge is 0.166 e. The fourth-order valence-corrected chi connectivity index (χ4v) is 4.97. The van der Waals surface area contributed by atoms with Gasteiger partial charge in [-0.05, 0) is 12.1 Å². The highest BCUT2D eigenvalue weighted by molar-refractivity contribution is 9.10. The summed E-state index contributed by atoms with van der Waals surface area (Å²) in [5, 5.41) is 18.3. The summed E-state index contributed by atoms with van der Waals surface area (Å²) in [6.45, 7) is 2.79. The third-order valence-corrected chi connectivity index (χ3v) is 6.19. The van der Waals surface area contributed by atoms with E-state index in [1.807, 2.05) is 18.2 Å². The zero-order chi connectivity index (χ0) is 18.1. The number of nitrogens with one attached hydrogen (secondary N) is 1. The zero-order valence-electron chi connectivity index (χ0n) is 13.5. The Labute approximate surface area is 167 Å². The molecule has 0 aliphatic carbocycles. The molecule has 0 unspecified atom stereocenters. The van der Waals surface area contributed by atoms with Gasteiger partial charge in [-0.2, -0.15) is 10.4 Å². The summed E-state index contributed by atoms with van der Waals surface area (Å²) in [6.07, 6.45) is 1.46. The summed E-state index contributed by atoms with van der Waals surface area (Å²) < 4.78 is 6.33. The van der Waals surface area contributed by atoms with Gasteiger partial charge in [-0.3, -0.25) is 5.10 Å². The van der Waals surface area contributed by atoms with Crippen molar-refractivity contribution in [3.8, 4) is 27.9 Å². The molecule has 1 aliphatic heterocycles. The molecule has 3 aromatic rings. The maximum absolute atomic E-state index is 9.95. The van der Waals surface area contributed by atoms with Crippen LogP contribution in [0.4, 0.5) is 5.00 Å². The molecule has 1 fully saturated rings. The van der Waals surface area contributed by atoms with Gasteiger partial charge < -0.3 is 9.64 Å². The van der Waals surface area contributed by atoms with E-state index in [1.54, 1.807) is 0 Å². The number of rotatable bonds is 3. The van der Waals surface area contributed by atoms with Gasteiger partial charge in [0.05, 0.1) is 23.7 Å². The maximum Gasteiger partial charge on any atom is 0.166 e. The van der Waals surface area contributed by atoms with Crippen LogP contribution in [0.25, 0.3) is 21.8 Å². The van der Waals surface area contributed by atoms with Gasteiger partial charge >= 0.3 is 0 Å². The van der Waals surface area contributed by atoms with Crippen LogP contribution in [0, 0.1) is 11.3 Å². The molecule has 3 heterocycles. The van der Waals surface area contributed by atoms with Gasteiger partial charge in [-0.15, -0.1) is 11.3 Å². The van der Waals surface area contributed by atoms with Crippen LogP contribution >= 0.6 is 38.9 Å². The molecular weight excluding hydrogens is 438 g/mol. The maximum atomic E-state index is 9.95. The molecule has 0 radical (unpaired) electrons. The highest BCUT2D eigenvalue weighted by Gasteiger charge is 2.27. The fraction of sp³-hybridized carbons (Fsp3) is 0.235. The van der Waals surface area contributed by atoms with Gasteiger partial charge in [-0.25, -0.2) is 4.98 Å². The molecule has 0 saturated carbocycles. The van der Waals surface area contributed by atoms with E-state index in [4.69, 9.17) is 16.3 Å². The fourth-order valence-electron chi connectivity index (χ4n) is 2.94. The number of ether oxygens (including phenoxy) is 1. The molecule has 132 valence electrons. The van der Waals surface area contributed by atoms with Crippen molar-refractivity contribution in [3.05, 3.63) is 39.6 Å². The molecule has 0 bridgehead atoms. The second kappa shape index (κ2) is 7.37. The van der Waals surface area contributed by atoms with E-state index in [0.717, 1.165) is 38.6 Å². The molecule has 4 rings (SSSR count). The second-order valence-electron chi connectivity index (χ2n) is 5.66. The van der Waals surface area contributed by atoms with Crippen molar-refractivity contribution in [1.29, 1.82) is 5.26 Å². The van der Waals surface area contributed by atoms with Gasteiger partial charge in [0.15, 0.2) is 5.82 Å². The van der Waals surface area contributed by atoms with Crippen LogP contribution in [0.2, 0.25) is 5.02 Å². The molecular formula is C17H13BrClN5OS. The number of nitrogens with zero attached hydrogens (tertiary/aromatic N) is 4. The summed E-state index contributed by atoms with van der Waals surface area (Å²) >= 11 is 11.5. The van der Waals surface area contributed by atoms with Crippen LogP contribution in [0.3, 0.4) is 0 Å². The van der Waals surface area contributed by atoms with Crippen molar-refractivity contribution in [1.82, 2.24) is 15.2 Å². The number of anilines is 1. The third kappa shape index (κ3) is 3.12. The summed E-state index contributed by atoms with van der Waals surface area (Å²) in [5.74, 6) is 0.625. The van der Waals surface area contributed by atoms with Crippen molar-refractivity contribution < 1.29 is 4.74 Å². The molecule has 26 heavy (non-hydrogen) atoms. The summed E-state index contributed by atoms with van der Waals surface area (Å²) in [6, 6.07) is 8.04. The molecule has 6 nitrogen and oxygen atoms in total. The summed E-state index contributed by atoms with van der Waals surface area (Å²) in [7, 11) is 0. The zero-order valence-corrected chi connectivity index (χ0v) is 16.7. The average molecular weight is 451 g/mol. The number of benzene rings is 1. The van der Waals surface area contributed by atoms with Gasteiger partial charge in [-0.1, -0.05) is 33.6 Å². The van der Waals surface area contributed by atoms with Crippen molar-refractivity contribution in [2.45, 2.75) is 0 Å². The molecule has 2 aromatic heterocycles. The van der Waals surface area contributed by atoms with E-state index in [0.29, 0.717) is 29.6 Å². The van der Waals surface area contributed by atoms with Crippen LogP contribution in [0.1, 0.15) is 5.56 Å². The molecule has 0 atom stereocenters. The predicted molar refractivity (Wildman–Crippen MR) is 106 cm³/mol. The van der Waals surface area contributed by atoms with E-state index in [9.17, 15) is 5.26 Å². The van der Waals surface area contributed by atoms with E-state index in [-0.39, 0.29) is 0 Å². The Balaban J connectivity index is 1.95. The Morgan fingerprint density at radius 1 is 1.35 bits per heavy atom. The molecule has 9 heteroatoms. The Hall–Kier alpha value is -1.92. The third-order valence-electron chi connectivity index (χ3n) is 4.13. The normalized spacial score (nSPS) is 14.4. The van der Waals surface area contributed by atoms with Gasteiger partial charge in [0, 0.05) is 33.7 Å². The van der Waals surface area contributed by atoms with Crippen LogP contribution in [0.5, 0.6) is 0 Å². The molecule has 1 saturated heterocycles. The van der Waals surface area contributed by atoms with Crippen molar-refractivity contribution in [2.24, 2.45) is 0 Å². The average Bonchev–Trinajstić information content (AvgIpc) is 3.30. The number of hydrogen-bond acceptors (Lipinski definition) is 6. The highest BCUT2D eigenvalue weighted by atomic mass is 79.9. The number of aromatic nitrogens is 3. The predicted octanol–water partition coefficient (Wildman–Crippen LogP) is 4.32. The quantitative estimate of drug-likeness (QED) is 0.643. The second-order valence-corrected chi connectivity index (χ2v) is 7.98. The molecule has 1 aromatic carbocycles. The van der Waals surface area contributed by atoms with Crippen LogP contribution < -0.4 is 4.90 Å². The lowest BCUT2D eigenvalue weighted by molar-refractivity contribution is 0.123. The van der Waals surface area contributed by atoms with E-state index in [1.165, 1.54) is 17.7 Å². The molecule has 0 spiro atoms. The van der Waals surface area contributed by atoms with Crippen molar-refractivity contribution >= 4 is 43.9 Å². The standard InChI is InChI=1S/C17H13BrClN5OS/c18-10-1-2-11(13(19)7-10)14-12(8-20)17(24-3-5-25-6-4-24)26-15(14)16-21-9-22-23-16/h1-2,7,9H,3-6H2,(H,21,22,23). The van der Waals surface area contributed by atoms with E-state index in [2.05, 4.69) is 42.1 Å². The van der Waals surface area contributed by atoms with Gasteiger partial charge in [0.25, 0.3) is 0 Å². The number of nitriles is 1. The topological polar surface area (TPSA) is 77.8 Å². The minimum atomic E-state index is 0.572. The van der Waals surface area contributed by atoms with Crippen molar-refractivity contribution in [2.75, 3.05) is 31.2 Å². The SMILES string of the molecule is N#Cc1c(N2CCOCC2)sc(-c2ncn[nH]2)c1-c1ccc(Br)cc1Cl. The molecule has 0 amide bonds. The Bertz CT molecular complexity index is 976. The molecule has 1 N–H and O–H groups in total. The number of H-pyrrole nitrogens is 1. The van der Waals surface area contributed by atoms with E-state index >= 15 is 0 Å². The lowest BCUT2D eigenvalue weighted by Crippen LogP contribution is -2.36. The lowest BCUT2D eigenvalue weighted by atomic mass is 10.0. The van der Waals surface area contributed by atoms with Gasteiger partial charge in [0.1, 0.15) is 17.4 Å². The van der Waals surface area contributed by atoms with Crippen LogP contribution in [-0.2, 0) is 4.74 Å². The first kappa shape index (κ1) is 17.5. The monoisotopic (exact) mass is 449 g/mol. The summed E-state index contributed by atoms with van der Waals surface area (Å²) in [5.41, 5.74) is 2.19. The largest absolute Gasteiger partial charge is 0.378 e. The molecule has 1 aliphatic rings. The highest BCUT2D eigenvalue weighted by Crippen LogP contribution is 2.48. The van der Waals surface area contributed by atoms with E-state index < -0.39 is 0 Å². The number of aromatic amines is 1. The first-order chi connectivity index (χ1) is 12.7. The first-order valence-electron chi connectivity index (χ1n) is 7.89. The first-order valence-corrected chi connectivity index (χ1v) is 9.88. The number of thiophene rings is 1. The minimum absolute atomic E-state index is 0.572. The Morgan fingerprint density at radius 3 is 2.81 bits per heavy atom. The minimum Gasteiger partial charge on any atom is -0.378 e. The summed E-state index contributed by atoms with van der Waals surface area (Å²) in [4.78, 5) is 7.33. The number of hydrogen-bond donors (Lipinski definition) is 1. The number of halogens is 2. The Kier molecular flexibility index (Phi) is 4.96.